The normalized spacial score (nSPS) is 18.7. The van der Waals surface area contributed by atoms with Gasteiger partial charge in [0.2, 0.25) is 5.78 Å². The Morgan fingerprint density at radius 3 is 2.67 bits per heavy atom. The lowest BCUT2D eigenvalue weighted by atomic mass is 9.82. The highest BCUT2D eigenvalue weighted by Crippen LogP contribution is 2.33. The first kappa shape index (κ1) is 17.9. The molecular weight excluding hydrogens is 268 g/mol. The predicted octanol–water partition coefficient (Wildman–Crippen LogP) is 4.32. The SMILES string of the molecule is CCCCCOOC(OC1=C(C)CC(C)(C)C=C1)C(C)=O. The predicted molar refractivity (Wildman–Crippen MR) is 82.4 cm³/mol. The highest BCUT2D eigenvalue weighted by Gasteiger charge is 2.25. The average Bonchev–Trinajstić information content (AvgIpc) is 2.38. The summed E-state index contributed by atoms with van der Waals surface area (Å²) in [5.41, 5.74) is 1.24. The number of allylic oxidation sites excluding steroid dienone is 3. The van der Waals surface area contributed by atoms with Gasteiger partial charge < -0.3 is 4.74 Å². The molecule has 1 rings (SSSR count). The van der Waals surface area contributed by atoms with E-state index < -0.39 is 6.29 Å². The molecule has 0 amide bonds. The van der Waals surface area contributed by atoms with Crippen molar-refractivity contribution in [1.29, 1.82) is 0 Å². The monoisotopic (exact) mass is 296 g/mol. The maximum absolute atomic E-state index is 11.6. The lowest BCUT2D eigenvalue weighted by Gasteiger charge is -2.27. The quantitative estimate of drug-likeness (QED) is 0.275. The Morgan fingerprint density at radius 2 is 2.10 bits per heavy atom. The molecule has 0 fully saturated rings. The molecule has 0 aliphatic heterocycles. The van der Waals surface area contributed by atoms with Crippen molar-refractivity contribution < 1.29 is 19.3 Å². The molecule has 1 aliphatic carbocycles. The molecule has 1 aliphatic rings. The molecule has 21 heavy (non-hydrogen) atoms. The zero-order valence-corrected chi connectivity index (χ0v) is 13.9. The first-order valence-electron chi connectivity index (χ1n) is 7.70. The minimum Gasteiger partial charge on any atom is -0.455 e. The van der Waals surface area contributed by atoms with Gasteiger partial charge in [-0.2, -0.15) is 4.89 Å². The van der Waals surface area contributed by atoms with Crippen LogP contribution in [0.2, 0.25) is 0 Å². The smallest absolute Gasteiger partial charge is 0.288 e. The number of unbranched alkanes of at least 4 members (excludes halogenated alkanes) is 2. The highest BCUT2D eigenvalue weighted by molar-refractivity contribution is 5.79. The maximum atomic E-state index is 11.6. The Balaban J connectivity index is 2.51. The number of hydrogen-bond acceptors (Lipinski definition) is 4. The summed E-state index contributed by atoms with van der Waals surface area (Å²) in [6.07, 6.45) is 7.02. The van der Waals surface area contributed by atoms with Crippen molar-refractivity contribution in [2.75, 3.05) is 6.61 Å². The topological polar surface area (TPSA) is 44.8 Å². The lowest BCUT2D eigenvalue weighted by molar-refractivity contribution is -0.358. The van der Waals surface area contributed by atoms with E-state index >= 15 is 0 Å². The molecule has 0 bridgehead atoms. The Morgan fingerprint density at radius 1 is 1.38 bits per heavy atom. The highest BCUT2D eigenvalue weighted by atomic mass is 17.2. The van der Waals surface area contributed by atoms with Gasteiger partial charge in [0.25, 0.3) is 6.29 Å². The van der Waals surface area contributed by atoms with Crippen LogP contribution in [0.5, 0.6) is 0 Å². The number of Topliss-reactive ketones (excluding diaryl/α,β-unsaturated/α-hetero) is 1. The third-order valence-corrected chi connectivity index (χ3v) is 3.38. The maximum Gasteiger partial charge on any atom is 0.288 e. The van der Waals surface area contributed by atoms with Crippen LogP contribution in [-0.4, -0.2) is 18.7 Å². The van der Waals surface area contributed by atoms with Crippen LogP contribution in [0.4, 0.5) is 0 Å². The van der Waals surface area contributed by atoms with Crippen LogP contribution in [0.25, 0.3) is 0 Å². The molecule has 0 saturated carbocycles. The van der Waals surface area contributed by atoms with Crippen molar-refractivity contribution in [1.82, 2.24) is 0 Å². The summed E-state index contributed by atoms with van der Waals surface area (Å²) in [4.78, 5) is 21.8. The standard InChI is InChI=1S/C17H28O4/c1-6-7-8-11-19-21-16(14(3)18)20-15-9-10-17(4,5)12-13(15)2/h9-10,16H,6-8,11-12H2,1-5H3. The number of rotatable bonds is 9. The van der Waals surface area contributed by atoms with Crippen molar-refractivity contribution in [3.63, 3.8) is 0 Å². The summed E-state index contributed by atoms with van der Waals surface area (Å²) >= 11 is 0. The molecule has 4 heteroatoms. The van der Waals surface area contributed by atoms with Crippen LogP contribution in [0.1, 0.15) is 60.3 Å². The Hall–Kier alpha value is -1.13. The molecule has 0 spiro atoms. The number of carbonyl (C=O) groups excluding carboxylic acids is 1. The number of carbonyl (C=O) groups is 1. The number of ether oxygens (including phenoxy) is 1. The van der Waals surface area contributed by atoms with E-state index in [9.17, 15) is 4.79 Å². The van der Waals surface area contributed by atoms with Gasteiger partial charge in [0.15, 0.2) is 0 Å². The van der Waals surface area contributed by atoms with E-state index in [2.05, 4.69) is 26.8 Å². The second-order valence-electron chi connectivity index (χ2n) is 6.33. The average molecular weight is 296 g/mol. The molecule has 0 heterocycles. The number of hydrogen-bond donors (Lipinski definition) is 0. The fourth-order valence-corrected chi connectivity index (χ4v) is 2.22. The molecule has 1 atom stereocenters. The van der Waals surface area contributed by atoms with Crippen LogP contribution >= 0.6 is 0 Å². The summed E-state index contributed by atoms with van der Waals surface area (Å²) < 4.78 is 5.66. The molecule has 120 valence electrons. The largest absolute Gasteiger partial charge is 0.455 e. The van der Waals surface area contributed by atoms with Crippen LogP contribution in [-0.2, 0) is 19.3 Å². The second kappa shape index (κ2) is 8.35. The summed E-state index contributed by atoms with van der Waals surface area (Å²) in [6, 6.07) is 0. The lowest BCUT2D eigenvalue weighted by Crippen LogP contribution is -2.26. The van der Waals surface area contributed by atoms with E-state index in [0.717, 1.165) is 31.3 Å². The minimum atomic E-state index is -0.998. The van der Waals surface area contributed by atoms with Crippen molar-refractivity contribution in [3.05, 3.63) is 23.5 Å². The fourth-order valence-electron chi connectivity index (χ4n) is 2.22. The number of ketones is 1. The molecule has 0 aromatic carbocycles. The zero-order chi connectivity index (χ0) is 15.9. The molecule has 0 aromatic rings. The molecule has 0 radical (unpaired) electrons. The van der Waals surface area contributed by atoms with E-state index in [1.165, 1.54) is 6.92 Å². The van der Waals surface area contributed by atoms with E-state index in [4.69, 9.17) is 14.5 Å². The molecule has 0 N–H and O–H groups in total. The minimum absolute atomic E-state index is 0.125. The molecule has 0 saturated heterocycles. The van der Waals surface area contributed by atoms with Gasteiger partial charge in [-0.1, -0.05) is 39.7 Å². The first-order chi connectivity index (χ1) is 9.85. The van der Waals surface area contributed by atoms with Gasteiger partial charge in [0.05, 0.1) is 6.61 Å². The van der Waals surface area contributed by atoms with E-state index in [1.54, 1.807) is 0 Å². The van der Waals surface area contributed by atoms with Crippen LogP contribution in [0.15, 0.2) is 23.5 Å². The zero-order valence-electron chi connectivity index (χ0n) is 13.9. The fraction of sp³-hybridized carbons (Fsp3) is 0.706. The van der Waals surface area contributed by atoms with Gasteiger partial charge in [0.1, 0.15) is 5.76 Å². The van der Waals surface area contributed by atoms with Gasteiger partial charge in [-0.25, -0.2) is 4.89 Å². The summed E-state index contributed by atoms with van der Waals surface area (Å²) in [5.74, 6) is 0.496. The van der Waals surface area contributed by atoms with E-state index in [-0.39, 0.29) is 11.2 Å². The molecular formula is C17H28O4. The van der Waals surface area contributed by atoms with Crippen LogP contribution in [0, 0.1) is 5.41 Å². The van der Waals surface area contributed by atoms with Crippen molar-refractivity contribution >= 4 is 5.78 Å². The van der Waals surface area contributed by atoms with Crippen LogP contribution in [0.3, 0.4) is 0 Å². The second-order valence-corrected chi connectivity index (χ2v) is 6.33. The Labute approximate surface area is 128 Å². The van der Waals surface area contributed by atoms with E-state index in [0.29, 0.717) is 12.4 Å². The van der Waals surface area contributed by atoms with Gasteiger partial charge in [0, 0.05) is 6.92 Å². The van der Waals surface area contributed by atoms with Crippen molar-refractivity contribution in [2.24, 2.45) is 5.41 Å². The Kier molecular flexibility index (Phi) is 7.12. The van der Waals surface area contributed by atoms with Crippen molar-refractivity contribution in [2.45, 2.75) is 66.6 Å². The van der Waals surface area contributed by atoms with E-state index in [1.807, 2.05) is 13.0 Å². The van der Waals surface area contributed by atoms with Gasteiger partial charge >= 0.3 is 0 Å². The first-order valence-corrected chi connectivity index (χ1v) is 7.70. The molecule has 0 aromatic heterocycles. The third kappa shape index (κ3) is 6.44. The summed E-state index contributed by atoms with van der Waals surface area (Å²) in [5, 5.41) is 0. The Bertz CT molecular complexity index is 407. The molecule has 4 nitrogen and oxygen atoms in total. The van der Waals surface area contributed by atoms with Gasteiger partial charge in [-0.3, -0.25) is 4.79 Å². The van der Waals surface area contributed by atoms with Gasteiger partial charge in [-0.05, 0) is 36.8 Å². The van der Waals surface area contributed by atoms with Crippen molar-refractivity contribution in [3.8, 4) is 0 Å². The summed E-state index contributed by atoms with van der Waals surface area (Å²) in [7, 11) is 0. The van der Waals surface area contributed by atoms with Gasteiger partial charge in [-0.15, -0.1) is 0 Å². The summed E-state index contributed by atoms with van der Waals surface area (Å²) in [6.45, 7) is 10.4. The molecule has 1 unspecified atom stereocenters. The third-order valence-electron chi connectivity index (χ3n) is 3.38. The van der Waals surface area contributed by atoms with Crippen LogP contribution < -0.4 is 0 Å².